The zero-order valence-electron chi connectivity index (χ0n) is 11.9. The van der Waals surface area contributed by atoms with Crippen LogP contribution in [0.15, 0.2) is 40.2 Å². The molecule has 2 aromatic heterocycles. The maximum Gasteiger partial charge on any atom is 0.270 e. The Morgan fingerprint density at radius 2 is 2.25 bits per heavy atom. The molecule has 0 aliphatic rings. The molecule has 3 aromatic rings. The molecule has 1 N–H and O–H groups in total. The van der Waals surface area contributed by atoms with Crippen molar-refractivity contribution < 1.29 is 14.2 Å². The summed E-state index contributed by atoms with van der Waals surface area (Å²) in [7, 11) is 0. The number of halogens is 1. The van der Waals surface area contributed by atoms with E-state index in [9.17, 15) is 14.9 Å². The molecular weight excluding hydrogens is 356 g/mol. The molecule has 0 saturated heterocycles. The van der Waals surface area contributed by atoms with E-state index in [2.05, 4.69) is 15.5 Å². The van der Waals surface area contributed by atoms with Gasteiger partial charge in [-0.2, -0.15) is 4.98 Å². The summed E-state index contributed by atoms with van der Waals surface area (Å²) in [6.07, 6.45) is 0. The summed E-state index contributed by atoms with van der Waals surface area (Å²) >= 11 is 7.38. The minimum absolute atomic E-state index is 0.00787. The van der Waals surface area contributed by atoms with E-state index in [1.165, 1.54) is 23.5 Å². The zero-order valence-corrected chi connectivity index (χ0v) is 13.5. The molecule has 0 aliphatic carbocycles. The first kappa shape index (κ1) is 16.1. The molecule has 0 saturated carbocycles. The predicted octanol–water partition coefficient (Wildman–Crippen LogP) is 3.29. The molecule has 2 heterocycles. The number of nitro groups is 1. The minimum atomic E-state index is -0.585. The quantitative estimate of drug-likeness (QED) is 0.549. The first-order chi connectivity index (χ1) is 11.5. The molecule has 0 atom stereocenters. The molecule has 0 spiro atoms. The highest BCUT2D eigenvalue weighted by Gasteiger charge is 2.16. The van der Waals surface area contributed by atoms with Crippen LogP contribution in [0.3, 0.4) is 0 Å². The number of nitrogens with one attached hydrogen (secondary N) is 1. The van der Waals surface area contributed by atoms with E-state index in [-0.39, 0.29) is 28.7 Å². The van der Waals surface area contributed by atoms with Crippen LogP contribution in [0.4, 0.5) is 5.69 Å². The Labute approximate surface area is 144 Å². The van der Waals surface area contributed by atoms with E-state index >= 15 is 0 Å². The minimum Gasteiger partial charge on any atom is -0.343 e. The number of aromatic nitrogens is 2. The fourth-order valence-electron chi connectivity index (χ4n) is 1.89. The van der Waals surface area contributed by atoms with Crippen molar-refractivity contribution in [3.8, 4) is 10.7 Å². The van der Waals surface area contributed by atoms with Gasteiger partial charge in [-0.25, -0.2) is 0 Å². The fourth-order valence-corrected chi connectivity index (χ4v) is 2.80. The van der Waals surface area contributed by atoms with Gasteiger partial charge in [0.05, 0.1) is 26.9 Å². The molecular formula is C14H9ClN4O4S. The van der Waals surface area contributed by atoms with Crippen molar-refractivity contribution in [1.29, 1.82) is 0 Å². The number of carbonyl (C=O) groups is 1. The number of rotatable bonds is 5. The van der Waals surface area contributed by atoms with Gasteiger partial charge < -0.3 is 9.84 Å². The number of hydrogen-bond donors (Lipinski definition) is 1. The van der Waals surface area contributed by atoms with Crippen LogP contribution in [0, 0.1) is 10.1 Å². The largest absolute Gasteiger partial charge is 0.343 e. The van der Waals surface area contributed by atoms with Gasteiger partial charge >= 0.3 is 0 Å². The average Bonchev–Trinajstić information content (AvgIpc) is 3.23. The molecule has 8 nitrogen and oxygen atoms in total. The molecule has 1 aromatic carbocycles. The summed E-state index contributed by atoms with van der Waals surface area (Å²) in [5, 5.41) is 19.0. The Hall–Kier alpha value is -2.78. The number of nitrogens with zero attached hydrogens (tertiary/aromatic N) is 3. The van der Waals surface area contributed by atoms with E-state index in [1.807, 2.05) is 17.5 Å². The van der Waals surface area contributed by atoms with Gasteiger partial charge in [-0.15, -0.1) is 11.3 Å². The standard InChI is InChI=1S/C14H9ClN4O4S/c15-10-6-8(19(21)22)3-4-9(10)14(20)16-7-12-17-13(18-23-12)11-2-1-5-24-11/h1-6H,7H2,(H,16,20). The highest BCUT2D eigenvalue weighted by molar-refractivity contribution is 7.13. The zero-order chi connectivity index (χ0) is 17.1. The lowest BCUT2D eigenvalue weighted by molar-refractivity contribution is -0.384. The molecule has 0 bridgehead atoms. The number of carbonyl (C=O) groups excluding carboxylic acids is 1. The van der Waals surface area contributed by atoms with Crippen molar-refractivity contribution in [1.82, 2.24) is 15.5 Å². The predicted molar refractivity (Wildman–Crippen MR) is 86.9 cm³/mol. The molecule has 0 aliphatic heterocycles. The second-order valence-corrected chi connectivity index (χ2v) is 5.95. The van der Waals surface area contributed by atoms with Crippen molar-refractivity contribution in [3.05, 3.63) is 62.3 Å². The van der Waals surface area contributed by atoms with Crippen LogP contribution in [0.1, 0.15) is 16.2 Å². The number of nitro benzene ring substituents is 1. The summed E-state index contributed by atoms with van der Waals surface area (Å²) in [6.45, 7) is 0.0184. The maximum absolute atomic E-state index is 12.1. The van der Waals surface area contributed by atoms with Crippen LogP contribution in [0.25, 0.3) is 10.7 Å². The molecule has 0 fully saturated rings. The van der Waals surface area contributed by atoms with Gasteiger partial charge in [-0.05, 0) is 17.5 Å². The molecule has 10 heteroatoms. The lowest BCUT2D eigenvalue weighted by Crippen LogP contribution is -2.23. The molecule has 1 amide bonds. The first-order valence-electron chi connectivity index (χ1n) is 6.63. The van der Waals surface area contributed by atoms with Crippen molar-refractivity contribution >= 4 is 34.5 Å². The molecule has 122 valence electrons. The lowest BCUT2D eigenvalue weighted by atomic mass is 10.2. The number of hydrogen-bond acceptors (Lipinski definition) is 7. The SMILES string of the molecule is O=C(NCc1nc(-c2cccs2)no1)c1ccc([N+](=O)[O-])cc1Cl. The smallest absolute Gasteiger partial charge is 0.270 e. The summed E-state index contributed by atoms with van der Waals surface area (Å²) in [5.41, 5.74) is -0.0608. The van der Waals surface area contributed by atoms with Crippen molar-refractivity contribution in [2.45, 2.75) is 6.54 Å². The molecule has 0 unspecified atom stereocenters. The molecule has 24 heavy (non-hydrogen) atoms. The second kappa shape index (κ2) is 6.77. The van der Waals surface area contributed by atoms with E-state index in [4.69, 9.17) is 16.1 Å². The van der Waals surface area contributed by atoms with E-state index in [1.54, 1.807) is 0 Å². The van der Waals surface area contributed by atoms with Gasteiger partial charge in [0.2, 0.25) is 11.7 Å². The van der Waals surface area contributed by atoms with Crippen LogP contribution in [-0.2, 0) is 6.54 Å². The first-order valence-corrected chi connectivity index (χ1v) is 7.89. The molecule has 3 rings (SSSR count). The molecule has 0 radical (unpaired) electrons. The highest BCUT2D eigenvalue weighted by atomic mass is 35.5. The van der Waals surface area contributed by atoms with Crippen LogP contribution in [-0.4, -0.2) is 21.0 Å². The van der Waals surface area contributed by atoms with E-state index in [0.29, 0.717) is 5.82 Å². The average molecular weight is 365 g/mol. The Morgan fingerprint density at radius 3 is 2.92 bits per heavy atom. The van der Waals surface area contributed by atoms with E-state index < -0.39 is 10.8 Å². The van der Waals surface area contributed by atoms with Gasteiger partial charge in [-0.3, -0.25) is 14.9 Å². The highest BCUT2D eigenvalue weighted by Crippen LogP contribution is 2.23. The van der Waals surface area contributed by atoms with Crippen LogP contribution in [0.5, 0.6) is 0 Å². The summed E-state index contributed by atoms with van der Waals surface area (Å²) in [6, 6.07) is 7.35. The Kier molecular flexibility index (Phi) is 4.54. The third kappa shape index (κ3) is 3.42. The van der Waals surface area contributed by atoms with Crippen LogP contribution in [0.2, 0.25) is 5.02 Å². The van der Waals surface area contributed by atoms with E-state index in [0.717, 1.165) is 10.9 Å². The third-order valence-electron chi connectivity index (χ3n) is 3.02. The second-order valence-electron chi connectivity index (χ2n) is 4.59. The Balaban J connectivity index is 1.66. The monoisotopic (exact) mass is 364 g/mol. The summed E-state index contributed by atoms with van der Waals surface area (Å²) in [5.74, 6) is 0.193. The number of thiophene rings is 1. The normalized spacial score (nSPS) is 10.5. The maximum atomic E-state index is 12.1. The van der Waals surface area contributed by atoms with Crippen LogP contribution < -0.4 is 5.32 Å². The third-order valence-corrected chi connectivity index (χ3v) is 4.20. The number of amides is 1. The van der Waals surface area contributed by atoms with Gasteiger partial charge in [0, 0.05) is 12.1 Å². The van der Waals surface area contributed by atoms with Gasteiger partial charge in [0.25, 0.3) is 11.6 Å². The number of non-ortho nitro benzene ring substituents is 1. The van der Waals surface area contributed by atoms with Crippen molar-refractivity contribution in [3.63, 3.8) is 0 Å². The van der Waals surface area contributed by atoms with Gasteiger partial charge in [0.15, 0.2) is 0 Å². The van der Waals surface area contributed by atoms with Gasteiger partial charge in [0.1, 0.15) is 0 Å². The fraction of sp³-hybridized carbons (Fsp3) is 0.0714. The van der Waals surface area contributed by atoms with Crippen molar-refractivity contribution in [2.24, 2.45) is 0 Å². The lowest BCUT2D eigenvalue weighted by Gasteiger charge is -2.04. The topological polar surface area (TPSA) is 111 Å². The summed E-state index contributed by atoms with van der Waals surface area (Å²) < 4.78 is 5.06. The van der Waals surface area contributed by atoms with Gasteiger partial charge in [-0.1, -0.05) is 22.8 Å². The number of benzene rings is 1. The van der Waals surface area contributed by atoms with Crippen molar-refractivity contribution in [2.75, 3.05) is 0 Å². The Morgan fingerprint density at radius 1 is 1.42 bits per heavy atom. The summed E-state index contributed by atoms with van der Waals surface area (Å²) in [4.78, 5) is 27.2. The Bertz CT molecular complexity index is 894. The van der Waals surface area contributed by atoms with Crippen LogP contribution >= 0.6 is 22.9 Å².